The van der Waals surface area contributed by atoms with Crippen LogP contribution in [0.25, 0.3) is 0 Å². The minimum Gasteiger partial charge on any atom is -0.490 e. The number of ketones is 1. The van der Waals surface area contributed by atoms with Crippen LogP contribution in [0.3, 0.4) is 0 Å². The average Bonchev–Trinajstić information content (AvgIpc) is 2.65. The lowest BCUT2D eigenvalue weighted by Gasteiger charge is -2.19. The summed E-state index contributed by atoms with van der Waals surface area (Å²) in [5, 5.41) is 0. The Bertz CT molecular complexity index is 255. The topological polar surface area (TPSA) is 26.3 Å². The molecule has 0 N–H and O–H groups in total. The van der Waals surface area contributed by atoms with Crippen LogP contribution in [0.15, 0.2) is 11.8 Å². The van der Waals surface area contributed by atoms with E-state index >= 15 is 0 Å². The molecular weight excluding hydrogens is 176 g/mol. The van der Waals surface area contributed by atoms with Gasteiger partial charge in [-0.25, -0.2) is 0 Å². The summed E-state index contributed by atoms with van der Waals surface area (Å²) in [4.78, 5) is 12.0. The lowest BCUT2D eigenvalue weighted by Crippen LogP contribution is -2.22. The molecule has 2 atom stereocenters. The van der Waals surface area contributed by atoms with Crippen molar-refractivity contribution in [1.82, 2.24) is 0 Å². The monoisotopic (exact) mass is 194 g/mol. The van der Waals surface area contributed by atoms with Gasteiger partial charge >= 0.3 is 0 Å². The Balaban J connectivity index is 2.03. The predicted octanol–water partition coefficient (Wildman–Crippen LogP) is 2.69. The second-order valence-corrected chi connectivity index (χ2v) is 4.44. The number of allylic oxidation sites excluding steroid dienone is 2. The Morgan fingerprint density at radius 1 is 1.43 bits per heavy atom. The molecule has 0 bridgehead atoms. The number of hydrogen-bond donors (Lipinski definition) is 0. The second kappa shape index (κ2) is 4.16. The van der Waals surface area contributed by atoms with Crippen LogP contribution in [0, 0.1) is 11.8 Å². The first-order valence-electron chi connectivity index (χ1n) is 5.66. The lowest BCUT2D eigenvalue weighted by atomic mass is 9.92. The smallest absolute Gasteiger partial charge is 0.200 e. The van der Waals surface area contributed by atoms with E-state index in [4.69, 9.17) is 4.74 Å². The maximum Gasteiger partial charge on any atom is 0.200 e. The average molecular weight is 194 g/mol. The highest BCUT2D eigenvalue weighted by atomic mass is 16.5. The fourth-order valence-corrected chi connectivity index (χ4v) is 2.45. The number of carbonyl (C=O) groups excluding carboxylic acids is 1. The summed E-state index contributed by atoms with van der Waals surface area (Å²) >= 11 is 0. The molecular formula is C12H18O2. The molecule has 1 heterocycles. The number of Topliss-reactive ketones (excluding diaryl/α,β-unsaturated/α-hetero) is 1. The third kappa shape index (κ3) is 1.84. The van der Waals surface area contributed by atoms with Gasteiger partial charge in [0.15, 0.2) is 11.5 Å². The number of ether oxygens (including phenoxy) is 1. The predicted molar refractivity (Wildman–Crippen MR) is 54.8 cm³/mol. The molecule has 1 aliphatic carbocycles. The van der Waals surface area contributed by atoms with Crippen LogP contribution in [0.5, 0.6) is 0 Å². The molecule has 0 aromatic carbocycles. The molecule has 2 heteroatoms. The van der Waals surface area contributed by atoms with E-state index in [2.05, 4.69) is 6.92 Å². The molecule has 0 saturated heterocycles. The second-order valence-electron chi connectivity index (χ2n) is 4.44. The first kappa shape index (κ1) is 9.75. The van der Waals surface area contributed by atoms with E-state index in [1.54, 1.807) is 0 Å². The zero-order valence-electron chi connectivity index (χ0n) is 8.79. The highest BCUT2D eigenvalue weighted by Crippen LogP contribution is 2.34. The van der Waals surface area contributed by atoms with Crippen LogP contribution < -0.4 is 0 Å². The summed E-state index contributed by atoms with van der Waals surface area (Å²) in [6, 6.07) is 0. The van der Waals surface area contributed by atoms with E-state index in [1.165, 1.54) is 12.8 Å². The summed E-state index contributed by atoms with van der Waals surface area (Å²) in [6.07, 6.45) is 7.48. The van der Waals surface area contributed by atoms with Gasteiger partial charge in [0.25, 0.3) is 0 Å². The molecule has 78 valence electrons. The van der Waals surface area contributed by atoms with Crippen LogP contribution in [0.1, 0.15) is 39.0 Å². The van der Waals surface area contributed by atoms with Crippen LogP contribution in [0.2, 0.25) is 0 Å². The first-order valence-corrected chi connectivity index (χ1v) is 5.66. The van der Waals surface area contributed by atoms with Crippen LogP contribution in [0.4, 0.5) is 0 Å². The van der Waals surface area contributed by atoms with Crippen LogP contribution in [-0.4, -0.2) is 12.4 Å². The van der Waals surface area contributed by atoms with E-state index in [1.807, 2.05) is 6.08 Å². The molecule has 1 fully saturated rings. The Hall–Kier alpha value is -0.790. The molecule has 2 nitrogen and oxygen atoms in total. The van der Waals surface area contributed by atoms with E-state index in [-0.39, 0.29) is 11.7 Å². The van der Waals surface area contributed by atoms with Crippen molar-refractivity contribution < 1.29 is 9.53 Å². The Kier molecular flexibility index (Phi) is 2.90. The van der Waals surface area contributed by atoms with Gasteiger partial charge in [0, 0.05) is 5.92 Å². The summed E-state index contributed by atoms with van der Waals surface area (Å²) in [5.41, 5.74) is 0. The van der Waals surface area contributed by atoms with Crippen molar-refractivity contribution >= 4 is 5.78 Å². The quantitative estimate of drug-likeness (QED) is 0.675. The van der Waals surface area contributed by atoms with Crippen molar-refractivity contribution in [3.05, 3.63) is 11.8 Å². The van der Waals surface area contributed by atoms with E-state index in [0.29, 0.717) is 11.7 Å². The molecule has 14 heavy (non-hydrogen) atoms. The van der Waals surface area contributed by atoms with Crippen molar-refractivity contribution in [2.75, 3.05) is 6.61 Å². The number of carbonyl (C=O) groups is 1. The Labute approximate surface area is 85.3 Å². The van der Waals surface area contributed by atoms with Gasteiger partial charge in [0.2, 0.25) is 0 Å². The fraction of sp³-hybridized carbons (Fsp3) is 0.750. The SMILES string of the molecule is CC1CCCC1C(=O)C1=CCCCO1. The van der Waals surface area contributed by atoms with E-state index in [9.17, 15) is 4.79 Å². The first-order chi connectivity index (χ1) is 6.79. The van der Waals surface area contributed by atoms with Gasteiger partial charge in [-0.3, -0.25) is 4.79 Å². The summed E-state index contributed by atoms with van der Waals surface area (Å²) in [5.74, 6) is 1.69. The largest absolute Gasteiger partial charge is 0.490 e. The van der Waals surface area contributed by atoms with Gasteiger partial charge in [-0.05, 0) is 37.7 Å². The zero-order valence-corrected chi connectivity index (χ0v) is 8.79. The minimum absolute atomic E-state index is 0.236. The van der Waals surface area contributed by atoms with E-state index in [0.717, 1.165) is 25.9 Å². The van der Waals surface area contributed by atoms with Crippen LogP contribution >= 0.6 is 0 Å². The zero-order chi connectivity index (χ0) is 9.97. The summed E-state index contributed by atoms with van der Waals surface area (Å²) < 4.78 is 5.41. The molecule has 1 aliphatic heterocycles. The minimum atomic E-state index is 0.236. The molecule has 2 unspecified atom stereocenters. The Morgan fingerprint density at radius 2 is 2.29 bits per heavy atom. The van der Waals surface area contributed by atoms with Crippen molar-refractivity contribution in [1.29, 1.82) is 0 Å². The van der Waals surface area contributed by atoms with Gasteiger partial charge in [-0.1, -0.05) is 13.3 Å². The van der Waals surface area contributed by atoms with E-state index < -0.39 is 0 Å². The maximum absolute atomic E-state index is 12.0. The Morgan fingerprint density at radius 3 is 2.86 bits per heavy atom. The molecule has 1 saturated carbocycles. The lowest BCUT2D eigenvalue weighted by molar-refractivity contribution is -0.123. The molecule has 2 aliphatic rings. The molecule has 0 aromatic rings. The molecule has 0 aromatic heterocycles. The third-order valence-corrected chi connectivity index (χ3v) is 3.38. The van der Waals surface area contributed by atoms with Crippen LogP contribution in [-0.2, 0) is 9.53 Å². The van der Waals surface area contributed by atoms with Gasteiger partial charge in [0.05, 0.1) is 6.61 Å². The number of rotatable bonds is 2. The van der Waals surface area contributed by atoms with Crippen molar-refractivity contribution in [2.45, 2.75) is 39.0 Å². The molecule has 0 amide bonds. The van der Waals surface area contributed by atoms with Crippen molar-refractivity contribution in [3.8, 4) is 0 Å². The normalized spacial score (nSPS) is 32.2. The van der Waals surface area contributed by atoms with Gasteiger partial charge in [-0.2, -0.15) is 0 Å². The molecule has 0 radical (unpaired) electrons. The highest BCUT2D eigenvalue weighted by molar-refractivity contribution is 5.95. The van der Waals surface area contributed by atoms with Gasteiger partial charge in [0.1, 0.15) is 0 Å². The maximum atomic E-state index is 12.0. The molecule has 0 spiro atoms. The summed E-state index contributed by atoms with van der Waals surface area (Å²) in [6.45, 7) is 2.90. The van der Waals surface area contributed by atoms with Gasteiger partial charge in [-0.15, -0.1) is 0 Å². The fourth-order valence-electron chi connectivity index (χ4n) is 2.45. The van der Waals surface area contributed by atoms with Crippen molar-refractivity contribution in [2.24, 2.45) is 11.8 Å². The number of hydrogen-bond acceptors (Lipinski definition) is 2. The highest BCUT2D eigenvalue weighted by Gasteiger charge is 2.32. The van der Waals surface area contributed by atoms with Gasteiger partial charge < -0.3 is 4.74 Å². The van der Waals surface area contributed by atoms with Crippen molar-refractivity contribution in [3.63, 3.8) is 0 Å². The standard InChI is InChI=1S/C12H18O2/c1-9-5-4-6-10(9)12(13)11-7-2-3-8-14-11/h7,9-10H,2-6,8H2,1H3. The molecule has 2 rings (SSSR count). The third-order valence-electron chi connectivity index (χ3n) is 3.38. The summed E-state index contributed by atoms with van der Waals surface area (Å²) in [7, 11) is 0.